The van der Waals surface area contributed by atoms with E-state index in [9.17, 15) is 10.2 Å². The van der Waals surface area contributed by atoms with Crippen molar-refractivity contribution in [2.75, 3.05) is 7.11 Å². The summed E-state index contributed by atoms with van der Waals surface area (Å²) in [5.41, 5.74) is -1.04. The van der Waals surface area contributed by atoms with E-state index in [4.69, 9.17) is 9.47 Å². The van der Waals surface area contributed by atoms with E-state index in [2.05, 4.69) is 72.8 Å². The Morgan fingerprint density at radius 1 is 1.06 bits per heavy atom. The summed E-state index contributed by atoms with van der Waals surface area (Å²) >= 11 is 0. The van der Waals surface area contributed by atoms with Crippen LogP contribution in [0, 0.1) is 45.3 Å². The van der Waals surface area contributed by atoms with Crippen molar-refractivity contribution in [2.45, 2.75) is 117 Å². The predicted molar refractivity (Wildman–Crippen MR) is 140 cm³/mol. The van der Waals surface area contributed by atoms with Crippen molar-refractivity contribution in [1.82, 2.24) is 0 Å². The molecule has 1 heterocycles. The zero-order valence-electron chi connectivity index (χ0n) is 23.4. The number of aliphatic hydroxyl groups excluding tert-OH is 2. The summed E-state index contributed by atoms with van der Waals surface area (Å²) in [6.45, 7) is 16.0. The SMILES string of the molecule is COC(C)(C)C=CCC(C)C1CCC2(C)C3C=CC45OC(O)C3(CCC12C)C4CCC(O)C5(C)C. The van der Waals surface area contributed by atoms with E-state index in [0.717, 1.165) is 32.1 Å². The number of ether oxygens (including phenoxy) is 2. The predicted octanol–water partition coefficient (Wildman–Crippen LogP) is 6.27. The third kappa shape index (κ3) is 3.12. The van der Waals surface area contributed by atoms with Crippen LogP contribution in [-0.2, 0) is 9.47 Å². The molecule has 4 nitrogen and oxygen atoms in total. The van der Waals surface area contributed by atoms with Gasteiger partial charge in [0, 0.05) is 23.9 Å². The van der Waals surface area contributed by atoms with Crippen LogP contribution < -0.4 is 0 Å². The van der Waals surface area contributed by atoms with E-state index in [1.807, 2.05) is 0 Å². The molecule has 4 heteroatoms. The molecule has 3 saturated carbocycles. The molecule has 35 heavy (non-hydrogen) atoms. The number of fused-ring (bicyclic) bond motifs is 2. The summed E-state index contributed by atoms with van der Waals surface area (Å²) in [4.78, 5) is 0. The molecule has 4 fully saturated rings. The van der Waals surface area contributed by atoms with Gasteiger partial charge in [-0.25, -0.2) is 0 Å². The molecule has 1 aliphatic heterocycles. The van der Waals surface area contributed by atoms with Gasteiger partial charge in [0.1, 0.15) is 5.60 Å². The lowest BCUT2D eigenvalue weighted by Crippen LogP contribution is -2.65. The molecular formula is C31H50O4. The van der Waals surface area contributed by atoms with Crippen molar-refractivity contribution >= 4 is 0 Å². The van der Waals surface area contributed by atoms with Gasteiger partial charge in [0.25, 0.3) is 0 Å². The van der Waals surface area contributed by atoms with Gasteiger partial charge in [-0.3, -0.25) is 0 Å². The number of aliphatic hydroxyl groups is 2. The first-order valence-electron chi connectivity index (χ1n) is 14.2. The first-order valence-corrected chi connectivity index (χ1v) is 14.2. The Morgan fingerprint density at radius 2 is 1.77 bits per heavy atom. The Kier molecular flexibility index (Phi) is 5.87. The van der Waals surface area contributed by atoms with Gasteiger partial charge in [0.2, 0.25) is 0 Å². The van der Waals surface area contributed by atoms with Crippen molar-refractivity contribution in [3.8, 4) is 0 Å². The topological polar surface area (TPSA) is 58.9 Å². The second-order valence-corrected chi connectivity index (χ2v) is 14.5. The lowest BCUT2D eigenvalue weighted by molar-refractivity contribution is -0.213. The van der Waals surface area contributed by atoms with Crippen molar-refractivity contribution in [3.05, 3.63) is 24.3 Å². The maximum absolute atomic E-state index is 11.7. The molecule has 1 saturated heterocycles. The molecule has 0 aromatic rings. The normalized spacial score (nSPS) is 51.2. The highest BCUT2D eigenvalue weighted by molar-refractivity contribution is 5.34. The molecule has 10 atom stereocenters. The van der Waals surface area contributed by atoms with Crippen LogP contribution in [0.25, 0.3) is 0 Å². The fourth-order valence-electron chi connectivity index (χ4n) is 10.0. The zero-order valence-corrected chi connectivity index (χ0v) is 23.4. The van der Waals surface area contributed by atoms with Crippen LogP contribution in [-0.4, -0.2) is 40.9 Å². The van der Waals surface area contributed by atoms with Gasteiger partial charge in [-0.1, -0.05) is 58.9 Å². The molecule has 4 aliphatic carbocycles. The summed E-state index contributed by atoms with van der Waals surface area (Å²) < 4.78 is 12.2. The van der Waals surface area contributed by atoms with Crippen molar-refractivity contribution in [1.29, 1.82) is 0 Å². The van der Waals surface area contributed by atoms with E-state index in [0.29, 0.717) is 17.8 Å². The minimum absolute atomic E-state index is 0.136. The molecule has 0 aromatic heterocycles. The standard InChI is InChI=1S/C31H50O4/c1-20(10-9-15-26(2,3)34-8)21-13-16-29(7)22-14-17-31-23(11-12-24(32)27(31,4)5)30(22,25(33)35-31)19-18-28(21,29)6/h9,14-15,17,20-25,32-33H,10-13,16,18-19H2,1-8H3. The van der Waals surface area contributed by atoms with Gasteiger partial charge in [0.15, 0.2) is 6.29 Å². The van der Waals surface area contributed by atoms with Crippen molar-refractivity contribution in [2.24, 2.45) is 45.3 Å². The maximum atomic E-state index is 11.7. The first kappa shape index (κ1) is 25.9. The molecule has 0 radical (unpaired) electrons. The third-order valence-electron chi connectivity index (χ3n) is 12.7. The van der Waals surface area contributed by atoms with Crippen LogP contribution in [0.5, 0.6) is 0 Å². The van der Waals surface area contributed by atoms with Crippen molar-refractivity contribution < 1.29 is 19.7 Å². The van der Waals surface area contributed by atoms with E-state index in [1.165, 1.54) is 12.8 Å². The molecule has 0 amide bonds. The van der Waals surface area contributed by atoms with Gasteiger partial charge < -0.3 is 19.7 Å². The highest BCUT2D eigenvalue weighted by Gasteiger charge is 2.78. The molecule has 10 unspecified atom stereocenters. The number of methoxy groups -OCH3 is 1. The third-order valence-corrected chi connectivity index (χ3v) is 12.7. The van der Waals surface area contributed by atoms with Gasteiger partial charge >= 0.3 is 0 Å². The van der Waals surface area contributed by atoms with Crippen molar-refractivity contribution in [3.63, 3.8) is 0 Å². The zero-order chi connectivity index (χ0) is 25.7. The number of hydrogen-bond donors (Lipinski definition) is 2. The minimum Gasteiger partial charge on any atom is -0.392 e. The molecule has 5 rings (SSSR count). The van der Waals surface area contributed by atoms with Crippen LogP contribution in [0.2, 0.25) is 0 Å². The summed E-state index contributed by atoms with van der Waals surface area (Å²) in [5.74, 6) is 1.87. The first-order chi connectivity index (χ1) is 16.2. The summed E-state index contributed by atoms with van der Waals surface area (Å²) in [5, 5.41) is 22.6. The van der Waals surface area contributed by atoms with Crippen LogP contribution >= 0.6 is 0 Å². The highest BCUT2D eigenvalue weighted by Crippen LogP contribution is 2.78. The molecule has 2 bridgehead atoms. The molecular weight excluding hydrogens is 436 g/mol. The molecule has 0 aromatic carbocycles. The van der Waals surface area contributed by atoms with E-state index < -0.39 is 23.4 Å². The average molecular weight is 487 g/mol. The van der Waals surface area contributed by atoms with E-state index >= 15 is 0 Å². The van der Waals surface area contributed by atoms with Crippen LogP contribution in [0.15, 0.2) is 24.3 Å². The summed E-state index contributed by atoms with van der Waals surface area (Å²) in [6, 6.07) is 0. The van der Waals surface area contributed by atoms with Crippen LogP contribution in [0.1, 0.15) is 93.4 Å². The van der Waals surface area contributed by atoms with Crippen LogP contribution in [0.4, 0.5) is 0 Å². The van der Waals surface area contributed by atoms with Gasteiger partial charge in [-0.15, -0.1) is 0 Å². The summed E-state index contributed by atoms with van der Waals surface area (Å²) in [7, 11) is 1.77. The fourth-order valence-corrected chi connectivity index (χ4v) is 10.0. The summed E-state index contributed by atoms with van der Waals surface area (Å²) in [6.07, 6.45) is 15.6. The largest absolute Gasteiger partial charge is 0.392 e. The Balaban J connectivity index is 1.47. The lowest BCUT2D eigenvalue weighted by Gasteiger charge is -2.65. The highest BCUT2D eigenvalue weighted by atomic mass is 16.6. The number of allylic oxidation sites excluding steroid dienone is 2. The molecule has 2 N–H and O–H groups in total. The Bertz CT molecular complexity index is 906. The van der Waals surface area contributed by atoms with Gasteiger partial charge in [-0.05, 0) is 87.4 Å². The lowest BCUT2D eigenvalue weighted by atomic mass is 9.38. The Morgan fingerprint density at radius 3 is 2.46 bits per heavy atom. The second-order valence-electron chi connectivity index (χ2n) is 14.5. The quantitative estimate of drug-likeness (QED) is 0.450. The molecule has 1 spiro atoms. The van der Waals surface area contributed by atoms with Gasteiger partial charge in [-0.2, -0.15) is 0 Å². The van der Waals surface area contributed by atoms with Gasteiger partial charge in [0.05, 0.1) is 11.7 Å². The Hall–Kier alpha value is -0.680. The monoisotopic (exact) mass is 486 g/mol. The number of rotatable bonds is 5. The second kappa shape index (κ2) is 7.91. The fraction of sp³-hybridized carbons (Fsp3) is 0.871. The van der Waals surface area contributed by atoms with E-state index in [1.54, 1.807) is 7.11 Å². The smallest absolute Gasteiger partial charge is 0.162 e. The minimum atomic E-state index is -0.755. The molecule has 5 aliphatic rings. The average Bonchev–Trinajstić information content (AvgIpc) is 3.15. The van der Waals surface area contributed by atoms with Crippen LogP contribution in [0.3, 0.4) is 0 Å². The molecule has 198 valence electrons. The number of hydrogen-bond acceptors (Lipinski definition) is 4. The maximum Gasteiger partial charge on any atom is 0.162 e. The Labute approximate surface area is 213 Å². The van der Waals surface area contributed by atoms with E-state index in [-0.39, 0.29) is 27.8 Å².